The Labute approximate surface area is 198 Å². The lowest BCUT2D eigenvalue weighted by Crippen LogP contribution is -2.06. The van der Waals surface area contributed by atoms with E-state index in [0.717, 1.165) is 5.56 Å². The van der Waals surface area contributed by atoms with Crippen LogP contribution in [-0.2, 0) is 22.3 Å². The fraction of sp³-hybridized carbons (Fsp3) is 0.154. The molecule has 7 nitrogen and oxygen atoms in total. The molecule has 0 radical (unpaired) electrons. The third-order valence-corrected chi connectivity index (χ3v) is 5.57. The molecule has 0 spiro atoms. The molecule has 0 bridgehead atoms. The predicted octanol–water partition coefficient (Wildman–Crippen LogP) is 4.92. The van der Waals surface area contributed by atoms with Crippen molar-refractivity contribution in [2.75, 3.05) is 17.6 Å². The number of carbonyl (C=O) groups excluding carboxylic acids is 1. The lowest BCUT2D eigenvalue weighted by Gasteiger charge is -2.09. The van der Waals surface area contributed by atoms with Crippen LogP contribution in [0.15, 0.2) is 82.2 Å². The van der Waals surface area contributed by atoms with Crippen LogP contribution >= 0.6 is 0 Å². The Bertz CT molecular complexity index is 1410. The van der Waals surface area contributed by atoms with Crippen LogP contribution in [0.2, 0.25) is 0 Å². The molecule has 0 saturated carbocycles. The van der Waals surface area contributed by atoms with E-state index in [4.69, 9.17) is 13.9 Å². The monoisotopic (exact) mass is 477 g/mol. The molecule has 0 fully saturated rings. The molecule has 1 aromatic heterocycles. The molecule has 4 rings (SSSR count). The molecule has 1 atom stereocenters. The Morgan fingerprint density at radius 2 is 1.85 bits per heavy atom. The summed E-state index contributed by atoms with van der Waals surface area (Å²) >= 11 is 0. The van der Waals surface area contributed by atoms with E-state index in [1.165, 1.54) is 6.26 Å². The summed E-state index contributed by atoms with van der Waals surface area (Å²) in [5, 5.41) is 0.436. The van der Waals surface area contributed by atoms with E-state index in [2.05, 4.69) is 4.72 Å². The molecule has 34 heavy (non-hydrogen) atoms. The number of rotatable bonds is 8. The first kappa shape index (κ1) is 23.3. The van der Waals surface area contributed by atoms with Gasteiger partial charge in [-0.1, -0.05) is 24.3 Å². The van der Waals surface area contributed by atoms with Gasteiger partial charge in [-0.2, -0.15) is 0 Å². The number of hydrogen-bond acceptors (Lipinski definition) is 6. The van der Waals surface area contributed by atoms with Crippen molar-refractivity contribution in [3.63, 3.8) is 0 Å². The van der Waals surface area contributed by atoms with E-state index in [-0.39, 0.29) is 18.0 Å². The second-order valence-electron chi connectivity index (χ2n) is 7.48. The van der Waals surface area contributed by atoms with Gasteiger partial charge in [0.05, 0.1) is 23.1 Å². The summed E-state index contributed by atoms with van der Waals surface area (Å²) in [5.41, 5.74) is 3.36. The minimum absolute atomic E-state index is 0.158. The third kappa shape index (κ3) is 5.35. The Morgan fingerprint density at radius 1 is 1.06 bits per heavy atom. The molecule has 174 valence electrons. The Hall–Kier alpha value is -3.91. The summed E-state index contributed by atoms with van der Waals surface area (Å²) in [4.78, 5) is 24.9. The van der Waals surface area contributed by atoms with Crippen LogP contribution in [0.4, 0.5) is 5.69 Å². The maximum absolute atomic E-state index is 13.0. The highest BCUT2D eigenvalue weighted by Gasteiger charge is 2.11. The van der Waals surface area contributed by atoms with Crippen LogP contribution in [0.1, 0.15) is 22.8 Å². The summed E-state index contributed by atoms with van der Waals surface area (Å²) in [6.07, 6.45) is 2.97. The molecule has 0 aliphatic heterocycles. The van der Waals surface area contributed by atoms with E-state index < -0.39 is 11.0 Å². The van der Waals surface area contributed by atoms with Crippen LogP contribution in [0.5, 0.6) is 5.75 Å². The van der Waals surface area contributed by atoms with Crippen molar-refractivity contribution in [2.45, 2.75) is 13.5 Å². The molecule has 4 aromatic rings. The van der Waals surface area contributed by atoms with Crippen molar-refractivity contribution in [1.82, 2.24) is 0 Å². The molecule has 1 unspecified atom stereocenters. The number of benzene rings is 3. The van der Waals surface area contributed by atoms with Gasteiger partial charge in [0, 0.05) is 18.0 Å². The van der Waals surface area contributed by atoms with E-state index in [1.807, 2.05) is 6.07 Å². The smallest absolute Gasteiger partial charge is 0.338 e. The molecular weight excluding hydrogens is 454 g/mol. The minimum atomic E-state index is -1.17. The highest BCUT2D eigenvalue weighted by Crippen LogP contribution is 2.25. The highest BCUT2D eigenvalue weighted by molar-refractivity contribution is 7.85. The summed E-state index contributed by atoms with van der Waals surface area (Å²) in [6.45, 7) is 2.31. The molecule has 1 N–H and O–H groups in total. The van der Waals surface area contributed by atoms with Gasteiger partial charge in [0.15, 0.2) is 5.43 Å². The fourth-order valence-corrected chi connectivity index (χ4v) is 3.92. The van der Waals surface area contributed by atoms with Gasteiger partial charge in [-0.25, -0.2) is 9.00 Å². The van der Waals surface area contributed by atoms with E-state index in [9.17, 15) is 13.8 Å². The summed E-state index contributed by atoms with van der Waals surface area (Å²) in [6, 6.07) is 19.2. The Balaban J connectivity index is 1.52. The van der Waals surface area contributed by atoms with Crippen LogP contribution in [-0.4, -0.2) is 23.0 Å². The van der Waals surface area contributed by atoms with Gasteiger partial charge >= 0.3 is 5.97 Å². The lowest BCUT2D eigenvalue weighted by molar-refractivity contribution is 0.0526. The van der Waals surface area contributed by atoms with Gasteiger partial charge in [-0.3, -0.25) is 4.79 Å². The van der Waals surface area contributed by atoms with Crippen molar-refractivity contribution < 1.29 is 22.9 Å². The third-order valence-electron chi connectivity index (χ3n) is 5.05. The number of carbonyl (C=O) groups is 1. The first-order chi connectivity index (χ1) is 16.4. The maximum Gasteiger partial charge on any atom is 0.338 e. The Morgan fingerprint density at radius 3 is 2.59 bits per heavy atom. The standard InChI is InChI=1S/C26H23NO6S/c1-3-31-26(29)19-6-4-5-17(13-19)15-32-21-11-12-22-24(14-21)33-16-23(25(22)28)18-7-9-20(10-8-18)27-34(2)30/h4-14,16,27H,3,15H2,1-2H3. The quantitative estimate of drug-likeness (QED) is 0.362. The predicted molar refractivity (Wildman–Crippen MR) is 132 cm³/mol. The topological polar surface area (TPSA) is 94.8 Å². The molecule has 1 heterocycles. The van der Waals surface area contributed by atoms with Gasteiger partial charge in [-0.05, 0) is 54.4 Å². The van der Waals surface area contributed by atoms with Gasteiger partial charge < -0.3 is 18.6 Å². The molecule has 0 saturated heterocycles. The van der Waals surface area contributed by atoms with Crippen molar-refractivity contribution in [2.24, 2.45) is 0 Å². The fourth-order valence-electron chi connectivity index (χ4n) is 3.45. The van der Waals surface area contributed by atoms with Crippen molar-refractivity contribution >= 4 is 33.6 Å². The first-order valence-electron chi connectivity index (χ1n) is 10.6. The molecule has 8 heteroatoms. The number of hydrogen-bond donors (Lipinski definition) is 1. The van der Waals surface area contributed by atoms with Crippen LogP contribution in [0, 0.1) is 0 Å². The summed E-state index contributed by atoms with van der Waals surface area (Å²) in [7, 11) is -1.17. The van der Waals surface area contributed by atoms with Gasteiger partial charge in [-0.15, -0.1) is 0 Å². The van der Waals surface area contributed by atoms with Gasteiger partial charge in [0.25, 0.3) is 0 Å². The number of nitrogens with one attached hydrogen (secondary N) is 1. The number of ether oxygens (including phenoxy) is 2. The zero-order valence-electron chi connectivity index (χ0n) is 18.7. The maximum atomic E-state index is 13.0. The number of anilines is 1. The number of esters is 1. The SMILES string of the molecule is CCOC(=O)c1cccc(COc2ccc3c(=O)c(-c4ccc(NS(C)=O)cc4)coc3c2)c1. The zero-order valence-corrected chi connectivity index (χ0v) is 19.5. The highest BCUT2D eigenvalue weighted by atomic mass is 32.2. The molecular formula is C26H23NO6S. The van der Waals surface area contributed by atoms with Crippen LogP contribution < -0.4 is 14.9 Å². The average Bonchev–Trinajstić information content (AvgIpc) is 2.83. The molecule has 0 aliphatic rings. The average molecular weight is 478 g/mol. The summed E-state index contributed by atoms with van der Waals surface area (Å²) < 4.78 is 30.7. The minimum Gasteiger partial charge on any atom is -0.489 e. The summed E-state index contributed by atoms with van der Waals surface area (Å²) in [5.74, 6) is 0.159. The van der Waals surface area contributed by atoms with Crippen LogP contribution in [0.25, 0.3) is 22.1 Å². The van der Waals surface area contributed by atoms with E-state index in [0.29, 0.717) is 45.7 Å². The normalized spacial score (nSPS) is 11.7. The van der Waals surface area contributed by atoms with E-state index >= 15 is 0 Å². The second kappa shape index (κ2) is 10.4. The van der Waals surface area contributed by atoms with Crippen molar-refractivity contribution in [3.05, 3.63) is 94.3 Å². The van der Waals surface area contributed by atoms with Gasteiger partial charge in [0.2, 0.25) is 0 Å². The van der Waals surface area contributed by atoms with E-state index in [1.54, 1.807) is 73.8 Å². The largest absolute Gasteiger partial charge is 0.489 e. The van der Waals surface area contributed by atoms with Crippen molar-refractivity contribution in [1.29, 1.82) is 0 Å². The molecule has 3 aromatic carbocycles. The van der Waals surface area contributed by atoms with Crippen LogP contribution in [0.3, 0.4) is 0 Å². The number of fused-ring (bicyclic) bond motifs is 1. The van der Waals surface area contributed by atoms with Crippen molar-refractivity contribution in [3.8, 4) is 16.9 Å². The zero-order chi connectivity index (χ0) is 24.1. The second-order valence-corrected chi connectivity index (χ2v) is 8.59. The Kier molecular flexibility index (Phi) is 7.08. The molecule has 0 aliphatic carbocycles. The molecule has 0 amide bonds. The lowest BCUT2D eigenvalue weighted by atomic mass is 10.1. The van der Waals surface area contributed by atoms with Gasteiger partial charge in [0.1, 0.15) is 35.2 Å². The first-order valence-corrected chi connectivity index (χ1v) is 12.2.